The Kier molecular flexibility index (Phi) is 5.50. The predicted octanol–water partition coefficient (Wildman–Crippen LogP) is 2.44. The highest BCUT2D eigenvalue weighted by Crippen LogP contribution is 2.27. The van der Waals surface area contributed by atoms with Crippen molar-refractivity contribution in [3.05, 3.63) is 33.9 Å². The molecule has 0 radical (unpaired) electrons. The number of carboxylic acid groups (broad SMARTS) is 1. The van der Waals surface area contributed by atoms with Gasteiger partial charge in [0, 0.05) is 29.6 Å². The fraction of sp³-hybridized carbons (Fsp3) is 0.214. The van der Waals surface area contributed by atoms with E-state index in [0.717, 1.165) is 10.9 Å². The largest absolute Gasteiger partial charge is 0.478 e. The van der Waals surface area contributed by atoms with Crippen molar-refractivity contribution >= 4 is 39.2 Å². The molecule has 1 N–H and O–H groups in total. The molecule has 1 aromatic carbocycles. The second-order valence-electron chi connectivity index (χ2n) is 4.43. The molecule has 0 unspecified atom stereocenters. The molecule has 0 saturated carbocycles. The van der Waals surface area contributed by atoms with Crippen LogP contribution in [0, 0.1) is 18.4 Å². The highest BCUT2D eigenvalue weighted by atomic mass is 79.9. The van der Waals surface area contributed by atoms with Gasteiger partial charge in [-0.25, -0.2) is 4.79 Å². The SMILES string of the molecule is CN(C)C=O.Cc1c(C(=O)O)c2ccc(Br)cc2n1C#N. The maximum Gasteiger partial charge on any atom is 0.338 e. The molecule has 0 saturated heterocycles. The summed E-state index contributed by atoms with van der Waals surface area (Å²) in [4.78, 5) is 22.0. The minimum Gasteiger partial charge on any atom is -0.478 e. The van der Waals surface area contributed by atoms with Crippen LogP contribution in [0.3, 0.4) is 0 Å². The third kappa shape index (κ3) is 3.61. The third-order valence-corrected chi connectivity index (χ3v) is 3.19. The van der Waals surface area contributed by atoms with Gasteiger partial charge in [-0.2, -0.15) is 5.26 Å². The number of carbonyl (C=O) groups excluding carboxylic acids is 1. The van der Waals surface area contributed by atoms with Gasteiger partial charge in [-0.1, -0.05) is 22.0 Å². The number of hydrogen-bond acceptors (Lipinski definition) is 3. The Morgan fingerprint density at radius 1 is 1.48 bits per heavy atom. The lowest BCUT2D eigenvalue weighted by Gasteiger charge is -1.94. The molecular weight excluding hydrogens is 338 g/mol. The molecular formula is C14H14BrN3O3. The zero-order valence-corrected chi connectivity index (χ0v) is 13.4. The Hall–Kier alpha value is -2.33. The van der Waals surface area contributed by atoms with E-state index in [4.69, 9.17) is 10.4 Å². The van der Waals surface area contributed by atoms with E-state index < -0.39 is 5.97 Å². The van der Waals surface area contributed by atoms with Gasteiger partial charge < -0.3 is 10.0 Å². The molecule has 0 bridgehead atoms. The smallest absolute Gasteiger partial charge is 0.338 e. The molecule has 21 heavy (non-hydrogen) atoms. The number of aromatic nitrogens is 1. The molecule has 1 aromatic heterocycles. The second kappa shape index (κ2) is 6.90. The van der Waals surface area contributed by atoms with Crippen LogP contribution < -0.4 is 0 Å². The first-order valence-electron chi connectivity index (χ1n) is 5.89. The van der Waals surface area contributed by atoms with E-state index in [1.165, 1.54) is 9.47 Å². The maximum atomic E-state index is 11.1. The number of benzene rings is 1. The van der Waals surface area contributed by atoms with E-state index in [-0.39, 0.29) is 5.56 Å². The molecule has 1 amide bonds. The van der Waals surface area contributed by atoms with Gasteiger partial charge in [-0.15, -0.1) is 0 Å². The molecule has 1 heterocycles. The van der Waals surface area contributed by atoms with E-state index in [1.807, 2.05) is 6.19 Å². The minimum atomic E-state index is -1.01. The summed E-state index contributed by atoms with van der Waals surface area (Å²) in [6.45, 7) is 1.63. The van der Waals surface area contributed by atoms with Crippen molar-refractivity contribution in [1.82, 2.24) is 9.47 Å². The normalized spacial score (nSPS) is 9.48. The Bertz CT molecular complexity index is 729. The van der Waals surface area contributed by atoms with E-state index in [9.17, 15) is 9.59 Å². The lowest BCUT2D eigenvalue weighted by Crippen LogP contribution is -2.06. The van der Waals surface area contributed by atoms with Crippen LogP contribution in [0.1, 0.15) is 16.1 Å². The number of aromatic carboxylic acids is 1. The Labute approximate surface area is 130 Å². The van der Waals surface area contributed by atoms with Crippen molar-refractivity contribution in [2.45, 2.75) is 6.92 Å². The molecule has 2 rings (SSSR count). The van der Waals surface area contributed by atoms with Gasteiger partial charge in [0.05, 0.1) is 11.1 Å². The Morgan fingerprint density at radius 2 is 2.05 bits per heavy atom. The summed E-state index contributed by atoms with van der Waals surface area (Å²) in [5.41, 5.74) is 1.24. The second-order valence-corrected chi connectivity index (χ2v) is 5.35. The fourth-order valence-electron chi connectivity index (χ4n) is 1.79. The van der Waals surface area contributed by atoms with E-state index in [1.54, 1.807) is 39.2 Å². The number of nitriles is 1. The van der Waals surface area contributed by atoms with Crippen molar-refractivity contribution in [3.63, 3.8) is 0 Å². The zero-order chi connectivity index (χ0) is 16.2. The molecule has 6 nitrogen and oxygen atoms in total. The minimum absolute atomic E-state index is 0.184. The predicted molar refractivity (Wildman–Crippen MR) is 82.1 cm³/mol. The average Bonchev–Trinajstić information content (AvgIpc) is 2.70. The van der Waals surface area contributed by atoms with Gasteiger partial charge in [-0.3, -0.25) is 9.36 Å². The van der Waals surface area contributed by atoms with Crippen LogP contribution in [0.5, 0.6) is 0 Å². The van der Waals surface area contributed by atoms with E-state index in [0.29, 0.717) is 16.6 Å². The first-order chi connectivity index (χ1) is 9.83. The number of carbonyl (C=O) groups is 2. The summed E-state index contributed by atoms with van der Waals surface area (Å²) in [7, 11) is 3.38. The molecule has 0 aliphatic heterocycles. The van der Waals surface area contributed by atoms with Crippen LogP contribution >= 0.6 is 15.9 Å². The summed E-state index contributed by atoms with van der Waals surface area (Å²) >= 11 is 3.30. The van der Waals surface area contributed by atoms with E-state index in [2.05, 4.69) is 15.9 Å². The van der Waals surface area contributed by atoms with Gasteiger partial charge >= 0.3 is 5.97 Å². The third-order valence-electron chi connectivity index (χ3n) is 2.69. The quantitative estimate of drug-likeness (QED) is 0.841. The monoisotopic (exact) mass is 351 g/mol. The molecule has 0 fully saturated rings. The lowest BCUT2D eigenvalue weighted by molar-refractivity contribution is -0.115. The molecule has 0 aliphatic rings. The van der Waals surface area contributed by atoms with Crippen LogP contribution in [0.15, 0.2) is 22.7 Å². The summed E-state index contributed by atoms with van der Waals surface area (Å²) < 4.78 is 2.13. The Balaban J connectivity index is 0.000000383. The van der Waals surface area contributed by atoms with Crippen LogP contribution in [-0.4, -0.2) is 41.0 Å². The van der Waals surface area contributed by atoms with Crippen molar-refractivity contribution in [2.75, 3.05) is 14.1 Å². The first-order valence-corrected chi connectivity index (χ1v) is 6.68. The molecule has 0 atom stereocenters. The lowest BCUT2D eigenvalue weighted by atomic mass is 10.1. The molecule has 7 heteroatoms. The Morgan fingerprint density at radius 3 is 2.48 bits per heavy atom. The van der Waals surface area contributed by atoms with Gasteiger partial charge in [0.15, 0.2) is 6.19 Å². The van der Waals surface area contributed by atoms with E-state index >= 15 is 0 Å². The van der Waals surface area contributed by atoms with Gasteiger partial charge in [0.2, 0.25) is 6.41 Å². The number of rotatable bonds is 2. The number of amides is 1. The summed E-state index contributed by atoms with van der Waals surface area (Å²) in [6, 6.07) is 5.19. The topological polar surface area (TPSA) is 86.3 Å². The number of halogens is 1. The van der Waals surface area contributed by atoms with Crippen molar-refractivity contribution in [3.8, 4) is 6.19 Å². The fourth-order valence-corrected chi connectivity index (χ4v) is 2.14. The van der Waals surface area contributed by atoms with Crippen LogP contribution in [-0.2, 0) is 4.79 Å². The highest BCUT2D eigenvalue weighted by Gasteiger charge is 2.19. The molecule has 110 valence electrons. The van der Waals surface area contributed by atoms with Gasteiger partial charge in [0.1, 0.15) is 0 Å². The zero-order valence-electron chi connectivity index (χ0n) is 11.8. The van der Waals surface area contributed by atoms with Gasteiger partial charge in [-0.05, 0) is 19.1 Å². The summed E-state index contributed by atoms with van der Waals surface area (Å²) in [5, 5.41) is 18.7. The van der Waals surface area contributed by atoms with Gasteiger partial charge in [0.25, 0.3) is 0 Å². The van der Waals surface area contributed by atoms with Crippen molar-refractivity contribution < 1.29 is 14.7 Å². The number of carboxylic acids is 1. The number of hydrogen-bond donors (Lipinski definition) is 1. The summed E-state index contributed by atoms with van der Waals surface area (Å²) in [5.74, 6) is -1.01. The molecule has 0 spiro atoms. The summed E-state index contributed by atoms with van der Waals surface area (Å²) in [6.07, 6.45) is 2.72. The van der Waals surface area contributed by atoms with Crippen LogP contribution in [0.25, 0.3) is 10.9 Å². The average molecular weight is 352 g/mol. The van der Waals surface area contributed by atoms with Crippen molar-refractivity contribution in [2.24, 2.45) is 0 Å². The maximum absolute atomic E-state index is 11.1. The molecule has 0 aliphatic carbocycles. The highest BCUT2D eigenvalue weighted by molar-refractivity contribution is 9.10. The number of fused-ring (bicyclic) bond motifs is 1. The van der Waals surface area contributed by atoms with Crippen molar-refractivity contribution in [1.29, 1.82) is 5.26 Å². The number of nitrogens with zero attached hydrogens (tertiary/aromatic N) is 3. The van der Waals surface area contributed by atoms with Crippen LogP contribution in [0.2, 0.25) is 0 Å². The van der Waals surface area contributed by atoms with Crippen LogP contribution in [0.4, 0.5) is 0 Å². The standard InChI is InChI=1S/C11H7BrN2O2.C3H7NO/c1-6-10(11(15)16)8-3-2-7(12)4-9(8)14(6)5-13;1-4(2)3-5/h2-4H,1H3,(H,15,16);3H,1-2H3. The first kappa shape index (κ1) is 16.7. The molecule has 2 aromatic rings.